The molecule has 1 saturated heterocycles. The monoisotopic (exact) mass is 423 g/mol. The summed E-state index contributed by atoms with van der Waals surface area (Å²) in [5, 5.41) is 10.6. The number of ketones is 1. The largest absolute Gasteiger partial charge is 0.507 e. The van der Waals surface area contributed by atoms with Crippen LogP contribution in [0.25, 0.3) is 6.08 Å². The van der Waals surface area contributed by atoms with Gasteiger partial charge in [0.25, 0.3) is 0 Å². The van der Waals surface area contributed by atoms with Gasteiger partial charge in [0.15, 0.2) is 17.3 Å². The number of fused-ring (bicyclic) bond motifs is 1. The summed E-state index contributed by atoms with van der Waals surface area (Å²) in [4.78, 5) is 15.4. The highest BCUT2D eigenvalue weighted by molar-refractivity contribution is 6.15. The molecule has 0 bridgehead atoms. The average molecular weight is 424 g/mol. The zero-order valence-electron chi connectivity index (χ0n) is 18.5. The third-order valence-corrected chi connectivity index (χ3v) is 5.96. The predicted octanol–water partition coefficient (Wildman–Crippen LogP) is 4.50. The normalized spacial score (nSPS) is 22.3. The molecule has 0 radical (unpaired) electrons. The van der Waals surface area contributed by atoms with Crippen molar-refractivity contribution in [1.29, 1.82) is 0 Å². The van der Waals surface area contributed by atoms with Crippen LogP contribution >= 0.6 is 0 Å². The van der Waals surface area contributed by atoms with Crippen molar-refractivity contribution in [2.24, 2.45) is 11.8 Å². The molecule has 0 aromatic heterocycles. The molecule has 2 aliphatic rings. The van der Waals surface area contributed by atoms with E-state index in [4.69, 9.17) is 14.2 Å². The van der Waals surface area contributed by atoms with E-state index in [1.54, 1.807) is 38.5 Å². The van der Waals surface area contributed by atoms with E-state index in [0.29, 0.717) is 52.3 Å². The van der Waals surface area contributed by atoms with Crippen LogP contribution in [-0.4, -0.2) is 43.1 Å². The molecule has 2 heterocycles. The first-order valence-corrected chi connectivity index (χ1v) is 10.6. The first-order valence-electron chi connectivity index (χ1n) is 10.6. The second kappa shape index (κ2) is 8.63. The minimum absolute atomic E-state index is 0.151. The van der Waals surface area contributed by atoms with Crippen LogP contribution in [0.1, 0.15) is 41.8 Å². The lowest BCUT2D eigenvalue weighted by Crippen LogP contribution is -2.38. The molecular formula is C25H29NO5. The number of para-hydroxylation sites is 1. The fourth-order valence-electron chi connectivity index (χ4n) is 4.76. The maximum Gasteiger partial charge on any atom is 0.231 e. The third-order valence-electron chi connectivity index (χ3n) is 5.96. The number of hydrogen-bond donors (Lipinski definition) is 1. The quantitative estimate of drug-likeness (QED) is 0.714. The van der Waals surface area contributed by atoms with Crippen molar-refractivity contribution in [3.8, 4) is 23.0 Å². The van der Waals surface area contributed by atoms with Crippen molar-refractivity contribution in [3.63, 3.8) is 0 Å². The minimum atomic E-state index is -0.207. The fourth-order valence-corrected chi connectivity index (χ4v) is 4.76. The lowest BCUT2D eigenvalue weighted by atomic mass is 9.91. The average Bonchev–Trinajstić information content (AvgIpc) is 3.05. The van der Waals surface area contributed by atoms with Crippen LogP contribution in [0.2, 0.25) is 0 Å². The number of ether oxygens (including phenoxy) is 3. The summed E-state index contributed by atoms with van der Waals surface area (Å²) in [5.74, 6) is 2.90. The van der Waals surface area contributed by atoms with Crippen LogP contribution in [0, 0.1) is 11.8 Å². The summed E-state index contributed by atoms with van der Waals surface area (Å²) in [6.45, 7) is 6.98. The van der Waals surface area contributed by atoms with Gasteiger partial charge < -0.3 is 19.3 Å². The van der Waals surface area contributed by atoms with Gasteiger partial charge >= 0.3 is 0 Å². The van der Waals surface area contributed by atoms with Crippen LogP contribution in [0.3, 0.4) is 0 Å². The summed E-state index contributed by atoms with van der Waals surface area (Å²) in [6.07, 6.45) is 2.87. The number of benzene rings is 2. The zero-order chi connectivity index (χ0) is 22.1. The van der Waals surface area contributed by atoms with Crippen LogP contribution in [0.15, 0.2) is 36.1 Å². The number of rotatable bonds is 5. The van der Waals surface area contributed by atoms with Gasteiger partial charge in [0.05, 0.1) is 25.3 Å². The number of phenols is 1. The van der Waals surface area contributed by atoms with Gasteiger partial charge in [-0.05, 0) is 42.5 Å². The standard InChI is InChI=1S/C25H29NO5/c1-15-10-16(2)13-26(12-15)14-19-20(27)9-8-18-23(28)22(31-25(18)19)11-17-6-5-7-21(29-3)24(17)30-4/h5-9,11,15-16,27H,10,12-14H2,1-4H3/b22-11-/t15-,16-/m0/s1. The Labute approximate surface area is 183 Å². The van der Waals surface area contributed by atoms with Gasteiger partial charge in [0.2, 0.25) is 5.78 Å². The highest BCUT2D eigenvalue weighted by Crippen LogP contribution is 2.41. The van der Waals surface area contributed by atoms with E-state index < -0.39 is 0 Å². The SMILES string of the molecule is COc1cccc(/C=C2\Oc3c(ccc(O)c3CN3C[C@@H](C)C[C@H](C)C3)C2=O)c1OC. The maximum atomic E-state index is 13.1. The van der Waals surface area contributed by atoms with Crippen molar-refractivity contribution in [2.75, 3.05) is 27.3 Å². The Bertz CT molecular complexity index is 1020. The molecule has 2 aromatic rings. The van der Waals surface area contributed by atoms with Gasteiger partial charge in [-0.25, -0.2) is 0 Å². The van der Waals surface area contributed by atoms with Crippen LogP contribution < -0.4 is 14.2 Å². The molecule has 2 atom stereocenters. The Hall–Kier alpha value is -2.99. The second-order valence-corrected chi connectivity index (χ2v) is 8.60. The Morgan fingerprint density at radius 1 is 1.13 bits per heavy atom. The van der Waals surface area contributed by atoms with Gasteiger partial charge in [-0.15, -0.1) is 0 Å². The molecule has 1 fully saturated rings. The summed E-state index contributed by atoms with van der Waals surface area (Å²) in [7, 11) is 3.13. The van der Waals surface area contributed by atoms with Gasteiger partial charge in [0, 0.05) is 25.2 Å². The van der Waals surface area contributed by atoms with E-state index in [1.165, 1.54) is 6.42 Å². The van der Waals surface area contributed by atoms with E-state index >= 15 is 0 Å². The number of carbonyl (C=O) groups excluding carboxylic acids is 1. The maximum absolute atomic E-state index is 13.1. The summed E-state index contributed by atoms with van der Waals surface area (Å²) >= 11 is 0. The Morgan fingerprint density at radius 2 is 1.87 bits per heavy atom. The molecule has 0 aliphatic carbocycles. The van der Waals surface area contributed by atoms with E-state index in [2.05, 4.69) is 18.7 Å². The van der Waals surface area contributed by atoms with Crippen molar-refractivity contribution < 1.29 is 24.1 Å². The predicted molar refractivity (Wildman–Crippen MR) is 119 cm³/mol. The molecule has 2 aliphatic heterocycles. The topological polar surface area (TPSA) is 68.2 Å². The number of likely N-dealkylation sites (tertiary alicyclic amines) is 1. The third kappa shape index (κ3) is 4.12. The van der Waals surface area contributed by atoms with Crippen LogP contribution in [-0.2, 0) is 6.54 Å². The first-order chi connectivity index (χ1) is 14.9. The number of piperidine rings is 1. The Balaban J connectivity index is 1.67. The molecule has 0 saturated carbocycles. The van der Waals surface area contributed by atoms with E-state index in [1.807, 2.05) is 12.1 Å². The van der Waals surface area contributed by atoms with Gasteiger partial charge in [-0.3, -0.25) is 9.69 Å². The van der Waals surface area contributed by atoms with E-state index in [-0.39, 0.29) is 17.3 Å². The number of aromatic hydroxyl groups is 1. The van der Waals surface area contributed by atoms with Crippen molar-refractivity contribution in [2.45, 2.75) is 26.8 Å². The number of nitrogens with zero attached hydrogens (tertiary/aromatic N) is 1. The Kier molecular flexibility index (Phi) is 5.92. The lowest BCUT2D eigenvalue weighted by molar-refractivity contribution is 0.101. The van der Waals surface area contributed by atoms with Crippen LogP contribution in [0.5, 0.6) is 23.0 Å². The van der Waals surface area contributed by atoms with Gasteiger partial charge in [-0.1, -0.05) is 26.0 Å². The lowest BCUT2D eigenvalue weighted by Gasteiger charge is -2.35. The molecule has 6 nitrogen and oxygen atoms in total. The number of allylic oxidation sites excluding steroid dienone is 1. The number of Topliss-reactive ketones (excluding diaryl/α,β-unsaturated/α-hetero) is 1. The second-order valence-electron chi connectivity index (χ2n) is 8.60. The summed E-state index contributed by atoms with van der Waals surface area (Å²) < 4.78 is 16.9. The number of phenolic OH excluding ortho intramolecular Hbond substituents is 1. The molecular weight excluding hydrogens is 394 g/mol. The first kappa shape index (κ1) is 21.2. The molecule has 0 spiro atoms. The van der Waals surface area contributed by atoms with Gasteiger partial charge in [-0.2, -0.15) is 0 Å². The zero-order valence-corrected chi connectivity index (χ0v) is 18.5. The molecule has 6 heteroatoms. The number of hydrogen-bond acceptors (Lipinski definition) is 6. The fraction of sp³-hybridized carbons (Fsp3) is 0.400. The van der Waals surface area contributed by atoms with E-state index in [9.17, 15) is 9.90 Å². The molecule has 1 N–H and O–H groups in total. The van der Waals surface area contributed by atoms with Gasteiger partial charge in [0.1, 0.15) is 11.5 Å². The molecule has 2 aromatic carbocycles. The molecule has 4 rings (SSSR count). The van der Waals surface area contributed by atoms with Crippen molar-refractivity contribution >= 4 is 11.9 Å². The molecule has 0 unspecified atom stereocenters. The van der Waals surface area contributed by atoms with Crippen LogP contribution in [0.4, 0.5) is 0 Å². The number of methoxy groups -OCH3 is 2. The van der Waals surface area contributed by atoms with Crippen molar-refractivity contribution in [1.82, 2.24) is 4.90 Å². The molecule has 0 amide bonds. The highest BCUT2D eigenvalue weighted by atomic mass is 16.5. The number of carbonyl (C=O) groups is 1. The summed E-state index contributed by atoms with van der Waals surface area (Å²) in [6, 6.07) is 8.67. The van der Waals surface area contributed by atoms with Crippen molar-refractivity contribution in [3.05, 3.63) is 52.8 Å². The highest BCUT2D eigenvalue weighted by Gasteiger charge is 2.33. The van der Waals surface area contributed by atoms with E-state index in [0.717, 1.165) is 13.1 Å². The summed E-state index contributed by atoms with van der Waals surface area (Å²) in [5.41, 5.74) is 1.81. The Morgan fingerprint density at radius 3 is 2.55 bits per heavy atom. The molecule has 31 heavy (non-hydrogen) atoms. The smallest absolute Gasteiger partial charge is 0.231 e. The molecule has 164 valence electrons. The minimum Gasteiger partial charge on any atom is -0.507 e.